The Morgan fingerprint density at radius 2 is 2.50 bits per heavy atom. The lowest BCUT2D eigenvalue weighted by Gasteiger charge is -2.10. The van der Waals surface area contributed by atoms with E-state index in [9.17, 15) is 0 Å². The molecule has 4 heteroatoms. The molecule has 2 N–H and O–H groups in total. The lowest BCUT2D eigenvalue weighted by atomic mass is 10.2. The van der Waals surface area contributed by atoms with Gasteiger partial charge in [-0.15, -0.1) is 6.42 Å². The summed E-state index contributed by atoms with van der Waals surface area (Å²) < 4.78 is 1.72. The zero-order valence-corrected chi connectivity index (χ0v) is 9.69. The van der Waals surface area contributed by atoms with Crippen LogP contribution in [0.3, 0.4) is 0 Å². The van der Waals surface area contributed by atoms with Crippen molar-refractivity contribution in [3.05, 3.63) is 18.0 Å². The first-order valence-electron chi connectivity index (χ1n) is 5.61. The van der Waals surface area contributed by atoms with Gasteiger partial charge in [0.2, 0.25) is 0 Å². The predicted molar refractivity (Wildman–Crippen MR) is 63.7 cm³/mol. The van der Waals surface area contributed by atoms with Gasteiger partial charge >= 0.3 is 0 Å². The quantitative estimate of drug-likeness (QED) is 0.669. The molecule has 88 valence electrons. The Hall–Kier alpha value is -1.31. The first-order chi connectivity index (χ1) is 7.80. The maximum atomic E-state index is 8.75. The number of aliphatic hydroxyl groups excluding tert-OH is 1. The SMILES string of the molecule is C#CC(CCC)NCc1cnn(CCO)c1. The second-order valence-electron chi connectivity index (χ2n) is 3.72. The fraction of sp³-hybridized carbons (Fsp3) is 0.583. The highest BCUT2D eigenvalue weighted by molar-refractivity contribution is 5.06. The Morgan fingerprint density at radius 3 is 3.12 bits per heavy atom. The zero-order chi connectivity index (χ0) is 11.8. The number of hydrogen-bond donors (Lipinski definition) is 2. The highest BCUT2D eigenvalue weighted by Crippen LogP contribution is 2.00. The average molecular weight is 221 g/mol. The fourth-order valence-electron chi connectivity index (χ4n) is 1.50. The van der Waals surface area contributed by atoms with E-state index < -0.39 is 0 Å². The largest absolute Gasteiger partial charge is 0.394 e. The molecule has 0 radical (unpaired) electrons. The standard InChI is InChI=1S/C12H19N3O/c1-3-5-12(4-2)13-8-11-9-14-15(10-11)6-7-16/h2,9-10,12-13,16H,3,5-8H2,1H3. The predicted octanol–water partition coefficient (Wildman–Crippen LogP) is 0.767. The molecule has 1 aromatic heterocycles. The number of hydrogen-bond acceptors (Lipinski definition) is 3. The van der Waals surface area contributed by atoms with Crippen molar-refractivity contribution >= 4 is 0 Å². The van der Waals surface area contributed by atoms with Crippen LogP contribution < -0.4 is 5.32 Å². The first-order valence-corrected chi connectivity index (χ1v) is 5.61. The van der Waals surface area contributed by atoms with Crippen LogP contribution in [0.1, 0.15) is 25.3 Å². The second kappa shape index (κ2) is 7.04. The van der Waals surface area contributed by atoms with Crippen LogP contribution in [0.4, 0.5) is 0 Å². The van der Waals surface area contributed by atoms with E-state index in [4.69, 9.17) is 11.5 Å². The maximum absolute atomic E-state index is 8.75. The molecule has 0 spiro atoms. The Kier molecular flexibility index (Phi) is 5.62. The van der Waals surface area contributed by atoms with Gasteiger partial charge in [0, 0.05) is 18.3 Å². The molecule has 0 aliphatic carbocycles. The van der Waals surface area contributed by atoms with Crippen molar-refractivity contribution in [1.29, 1.82) is 0 Å². The molecule has 0 aromatic carbocycles. The molecule has 0 bridgehead atoms. The molecule has 1 rings (SSSR count). The van der Waals surface area contributed by atoms with E-state index in [1.54, 1.807) is 10.9 Å². The fourth-order valence-corrected chi connectivity index (χ4v) is 1.50. The summed E-state index contributed by atoms with van der Waals surface area (Å²) >= 11 is 0. The van der Waals surface area contributed by atoms with Gasteiger partial charge in [-0.05, 0) is 6.42 Å². The molecular weight excluding hydrogens is 202 g/mol. The summed E-state index contributed by atoms with van der Waals surface area (Å²) in [7, 11) is 0. The molecule has 0 fully saturated rings. The summed E-state index contributed by atoms with van der Waals surface area (Å²) in [6.45, 7) is 3.48. The Balaban J connectivity index is 2.38. The molecule has 0 aliphatic heterocycles. The molecule has 0 saturated carbocycles. The Morgan fingerprint density at radius 1 is 1.69 bits per heavy atom. The van der Waals surface area contributed by atoms with Gasteiger partial charge in [-0.3, -0.25) is 10.00 Å². The van der Waals surface area contributed by atoms with Crippen molar-refractivity contribution in [3.63, 3.8) is 0 Å². The molecular formula is C12H19N3O. The molecule has 0 aliphatic rings. The first kappa shape index (κ1) is 12.8. The van der Waals surface area contributed by atoms with E-state index in [0.29, 0.717) is 6.54 Å². The smallest absolute Gasteiger partial charge is 0.0689 e. The summed E-state index contributed by atoms with van der Waals surface area (Å²) in [6.07, 6.45) is 11.2. The van der Waals surface area contributed by atoms with Crippen molar-refractivity contribution in [2.45, 2.75) is 38.9 Å². The topological polar surface area (TPSA) is 50.1 Å². The lowest BCUT2D eigenvalue weighted by Crippen LogP contribution is -2.26. The number of nitrogens with one attached hydrogen (secondary N) is 1. The molecule has 1 heterocycles. The van der Waals surface area contributed by atoms with E-state index in [1.165, 1.54) is 0 Å². The number of rotatable bonds is 7. The van der Waals surface area contributed by atoms with Crippen LogP contribution in [0.25, 0.3) is 0 Å². The molecule has 1 unspecified atom stereocenters. The monoisotopic (exact) mass is 221 g/mol. The van der Waals surface area contributed by atoms with Crippen molar-refractivity contribution < 1.29 is 5.11 Å². The minimum absolute atomic E-state index is 0.108. The Bertz CT molecular complexity index is 340. The lowest BCUT2D eigenvalue weighted by molar-refractivity contribution is 0.269. The molecule has 1 aromatic rings. The molecule has 0 amide bonds. The van der Waals surface area contributed by atoms with Crippen LogP contribution in [-0.4, -0.2) is 27.5 Å². The van der Waals surface area contributed by atoms with Crippen LogP contribution in [0, 0.1) is 12.3 Å². The van der Waals surface area contributed by atoms with Crippen LogP contribution in [0.5, 0.6) is 0 Å². The highest BCUT2D eigenvalue weighted by atomic mass is 16.3. The average Bonchev–Trinajstić information content (AvgIpc) is 2.72. The van der Waals surface area contributed by atoms with Gasteiger partial charge in [-0.25, -0.2) is 0 Å². The van der Waals surface area contributed by atoms with E-state index >= 15 is 0 Å². The number of nitrogens with zero attached hydrogens (tertiary/aromatic N) is 2. The number of aliphatic hydroxyl groups is 1. The number of terminal acetylenes is 1. The second-order valence-corrected chi connectivity index (χ2v) is 3.72. The van der Waals surface area contributed by atoms with Crippen molar-refractivity contribution in [1.82, 2.24) is 15.1 Å². The third-order valence-electron chi connectivity index (χ3n) is 2.35. The van der Waals surface area contributed by atoms with Gasteiger partial charge in [-0.2, -0.15) is 5.10 Å². The summed E-state index contributed by atoms with van der Waals surface area (Å²) in [6, 6.07) is 0.131. The molecule has 16 heavy (non-hydrogen) atoms. The minimum Gasteiger partial charge on any atom is -0.394 e. The van der Waals surface area contributed by atoms with Gasteiger partial charge in [0.05, 0.1) is 25.4 Å². The van der Waals surface area contributed by atoms with E-state index in [1.807, 2.05) is 6.20 Å². The van der Waals surface area contributed by atoms with Crippen LogP contribution in [0.2, 0.25) is 0 Å². The zero-order valence-electron chi connectivity index (χ0n) is 9.69. The summed E-state index contributed by atoms with van der Waals surface area (Å²) in [5.41, 5.74) is 1.09. The molecule has 0 saturated heterocycles. The third kappa shape index (κ3) is 4.05. The van der Waals surface area contributed by atoms with Crippen LogP contribution >= 0.6 is 0 Å². The minimum atomic E-state index is 0.108. The maximum Gasteiger partial charge on any atom is 0.0689 e. The highest BCUT2D eigenvalue weighted by Gasteiger charge is 2.04. The third-order valence-corrected chi connectivity index (χ3v) is 2.35. The van der Waals surface area contributed by atoms with Crippen LogP contribution in [-0.2, 0) is 13.1 Å². The van der Waals surface area contributed by atoms with E-state index in [-0.39, 0.29) is 12.6 Å². The summed E-state index contributed by atoms with van der Waals surface area (Å²) in [4.78, 5) is 0. The van der Waals surface area contributed by atoms with Gasteiger partial charge in [0.15, 0.2) is 0 Å². The number of aromatic nitrogens is 2. The van der Waals surface area contributed by atoms with E-state index in [0.717, 1.165) is 24.9 Å². The van der Waals surface area contributed by atoms with E-state index in [2.05, 4.69) is 23.3 Å². The molecule has 1 atom stereocenters. The van der Waals surface area contributed by atoms with Gasteiger partial charge in [0.1, 0.15) is 0 Å². The van der Waals surface area contributed by atoms with Gasteiger partial charge in [-0.1, -0.05) is 19.3 Å². The molecule has 4 nitrogen and oxygen atoms in total. The summed E-state index contributed by atoms with van der Waals surface area (Å²) in [5.74, 6) is 2.73. The van der Waals surface area contributed by atoms with Crippen LogP contribution in [0.15, 0.2) is 12.4 Å². The normalized spacial score (nSPS) is 12.3. The summed E-state index contributed by atoms with van der Waals surface area (Å²) in [5, 5.41) is 16.2. The van der Waals surface area contributed by atoms with Crippen molar-refractivity contribution in [3.8, 4) is 12.3 Å². The van der Waals surface area contributed by atoms with Crippen molar-refractivity contribution in [2.75, 3.05) is 6.61 Å². The van der Waals surface area contributed by atoms with Crippen molar-refractivity contribution in [2.24, 2.45) is 0 Å². The van der Waals surface area contributed by atoms with Gasteiger partial charge in [0.25, 0.3) is 0 Å². The van der Waals surface area contributed by atoms with Gasteiger partial charge < -0.3 is 5.11 Å². The Labute approximate surface area is 96.7 Å².